The average Bonchev–Trinajstić information content (AvgIpc) is 3.08. The Labute approximate surface area is 285 Å². The van der Waals surface area contributed by atoms with E-state index in [1.807, 2.05) is 0 Å². The second kappa shape index (κ2) is 26.2. The van der Waals surface area contributed by atoms with Crippen molar-refractivity contribution in [3.63, 3.8) is 0 Å². The first-order valence-electron chi connectivity index (χ1n) is 17.3. The Bertz CT molecular complexity index is 935. The third-order valence-corrected chi connectivity index (χ3v) is 12.7. The standard InChI is InChI=1S/C37H62O9Si/c1-6-34(2)33-45-30-29-43-26-25-41-22-21-39-18-17-38-19-20-40-23-24-42-27-28-44-31-32-46-47(37(3,4)5,35-13-9-7-10-14-35)36-15-11-8-12-16-36/h7-16,34H,6,17-33H2,1-5H3. The molecule has 1 atom stereocenters. The second-order valence-corrected chi connectivity index (χ2v) is 16.7. The summed E-state index contributed by atoms with van der Waals surface area (Å²) in [7, 11) is -2.53. The molecule has 1 unspecified atom stereocenters. The van der Waals surface area contributed by atoms with Crippen LogP contribution >= 0.6 is 0 Å². The summed E-state index contributed by atoms with van der Waals surface area (Å²) in [5, 5.41) is 2.49. The highest BCUT2D eigenvalue weighted by molar-refractivity contribution is 6.99. The van der Waals surface area contributed by atoms with Crippen LogP contribution in [0.5, 0.6) is 0 Å². The van der Waals surface area contributed by atoms with Gasteiger partial charge in [0.2, 0.25) is 0 Å². The van der Waals surface area contributed by atoms with E-state index in [1.54, 1.807) is 0 Å². The smallest absolute Gasteiger partial charge is 0.261 e. The maximum absolute atomic E-state index is 6.84. The van der Waals surface area contributed by atoms with Crippen LogP contribution in [0.25, 0.3) is 0 Å². The molecule has 0 N–H and O–H groups in total. The van der Waals surface area contributed by atoms with E-state index in [0.29, 0.717) is 112 Å². The lowest BCUT2D eigenvalue weighted by Crippen LogP contribution is -2.66. The minimum atomic E-state index is -2.53. The Morgan fingerprint density at radius 1 is 0.468 bits per heavy atom. The van der Waals surface area contributed by atoms with Crippen molar-refractivity contribution in [1.82, 2.24) is 0 Å². The molecule has 0 spiro atoms. The molecular formula is C37H62O9Si. The lowest BCUT2D eigenvalue weighted by Gasteiger charge is -2.43. The van der Waals surface area contributed by atoms with Gasteiger partial charge in [0.1, 0.15) is 0 Å². The summed E-state index contributed by atoms with van der Waals surface area (Å²) >= 11 is 0. The number of ether oxygens (including phenoxy) is 8. The summed E-state index contributed by atoms with van der Waals surface area (Å²) in [6, 6.07) is 21.3. The molecule has 0 aliphatic carbocycles. The predicted molar refractivity (Wildman–Crippen MR) is 190 cm³/mol. The van der Waals surface area contributed by atoms with Gasteiger partial charge >= 0.3 is 0 Å². The zero-order chi connectivity index (χ0) is 33.9. The van der Waals surface area contributed by atoms with E-state index in [1.165, 1.54) is 10.4 Å². The Morgan fingerprint density at radius 2 is 0.766 bits per heavy atom. The quantitative estimate of drug-likeness (QED) is 0.0860. The van der Waals surface area contributed by atoms with Gasteiger partial charge in [0.05, 0.1) is 106 Å². The van der Waals surface area contributed by atoms with Gasteiger partial charge < -0.3 is 42.3 Å². The molecule has 10 heteroatoms. The van der Waals surface area contributed by atoms with Crippen molar-refractivity contribution in [3.8, 4) is 0 Å². The van der Waals surface area contributed by atoms with Crippen LogP contribution in [-0.2, 0) is 42.3 Å². The zero-order valence-corrected chi connectivity index (χ0v) is 30.8. The minimum absolute atomic E-state index is 0.0495. The lowest BCUT2D eigenvalue weighted by molar-refractivity contribution is -0.0243. The van der Waals surface area contributed by atoms with Crippen LogP contribution in [0, 0.1) is 5.92 Å². The van der Waals surface area contributed by atoms with Crippen molar-refractivity contribution in [2.75, 3.05) is 112 Å². The first-order chi connectivity index (χ1) is 22.9. The molecule has 0 heterocycles. The molecule has 268 valence electrons. The van der Waals surface area contributed by atoms with Crippen LogP contribution < -0.4 is 10.4 Å². The van der Waals surface area contributed by atoms with Crippen LogP contribution in [0.4, 0.5) is 0 Å². The second-order valence-electron chi connectivity index (χ2n) is 12.4. The van der Waals surface area contributed by atoms with E-state index < -0.39 is 8.32 Å². The fraction of sp³-hybridized carbons (Fsp3) is 0.676. The van der Waals surface area contributed by atoms with E-state index in [9.17, 15) is 0 Å². The molecule has 2 rings (SSSR count). The van der Waals surface area contributed by atoms with Gasteiger partial charge in [-0.2, -0.15) is 0 Å². The Kier molecular flexibility index (Phi) is 23.1. The number of rotatable bonds is 30. The molecule has 2 aromatic rings. The van der Waals surface area contributed by atoms with Gasteiger partial charge in [-0.1, -0.05) is 102 Å². The molecule has 0 bridgehead atoms. The molecule has 0 saturated heterocycles. The van der Waals surface area contributed by atoms with E-state index in [-0.39, 0.29) is 5.04 Å². The Hall–Kier alpha value is -1.70. The van der Waals surface area contributed by atoms with Crippen molar-refractivity contribution in [2.45, 2.75) is 46.1 Å². The first kappa shape index (κ1) is 41.5. The Morgan fingerprint density at radius 3 is 1.06 bits per heavy atom. The van der Waals surface area contributed by atoms with Crippen LogP contribution in [0.15, 0.2) is 60.7 Å². The molecular weight excluding hydrogens is 616 g/mol. The molecule has 0 amide bonds. The van der Waals surface area contributed by atoms with Crippen molar-refractivity contribution in [2.24, 2.45) is 5.92 Å². The highest BCUT2D eigenvalue weighted by atomic mass is 28.4. The van der Waals surface area contributed by atoms with Crippen LogP contribution in [-0.4, -0.2) is 121 Å². The summed E-state index contributed by atoms with van der Waals surface area (Å²) in [4.78, 5) is 0. The van der Waals surface area contributed by atoms with Crippen molar-refractivity contribution < 1.29 is 42.3 Å². The number of hydrogen-bond acceptors (Lipinski definition) is 9. The van der Waals surface area contributed by atoms with Gasteiger partial charge in [-0.3, -0.25) is 0 Å². The van der Waals surface area contributed by atoms with Crippen LogP contribution in [0.2, 0.25) is 5.04 Å². The van der Waals surface area contributed by atoms with Gasteiger partial charge in [0.25, 0.3) is 8.32 Å². The van der Waals surface area contributed by atoms with Crippen molar-refractivity contribution in [3.05, 3.63) is 60.7 Å². The van der Waals surface area contributed by atoms with Gasteiger partial charge in [-0.25, -0.2) is 0 Å². The monoisotopic (exact) mass is 678 g/mol. The molecule has 0 aliphatic rings. The first-order valence-corrected chi connectivity index (χ1v) is 19.2. The predicted octanol–water partition coefficient (Wildman–Crippen LogP) is 4.74. The van der Waals surface area contributed by atoms with Gasteiger partial charge in [0.15, 0.2) is 0 Å². The van der Waals surface area contributed by atoms with E-state index in [4.69, 9.17) is 42.3 Å². The molecule has 0 aromatic heterocycles. The SMILES string of the molecule is CCC(C)COCCOCCOCCOCCOCCOCCOCCOCCO[Si](c1ccccc1)(c1ccccc1)C(C)(C)C. The lowest BCUT2D eigenvalue weighted by atomic mass is 10.1. The highest BCUT2D eigenvalue weighted by Crippen LogP contribution is 2.36. The van der Waals surface area contributed by atoms with Crippen molar-refractivity contribution in [1.29, 1.82) is 0 Å². The minimum Gasteiger partial charge on any atom is -0.405 e. The van der Waals surface area contributed by atoms with E-state index in [0.717, 1.165) is 13.0 Å². The molecule has 9 nitrogen and oxygen atoms in total. The molecule has 0 aliphatic heterocycles. The summed E-state index contributed by atoms with van der Waals surface area (Å²) in [6.07, 6.45) is 1.13. The van der Waals surface area contributed by atoms with E-state index in [2.05, 4.69) is 95.3 Å². The zero-order valence-electron chi connectivity index (χ0n) is 29.8. The highest BCUT2D eigenvalue weighted by Gasteiger charge is 2.50. The third-order valence-electron chi connectivity index (χ3n) is 7.67. The molecule has 0 radical (unpaired) electrons. The third kappa shape index (κ3) is 17.5. The fourth-order valence-electron chi connectivity index (χ4n) is 4.96. The average molecular weight is 679 g/mol. The maximum Gasteiger partial charge on any atom is 0.261 e. The molecule has 0 saturated carbocycles. The van der Waals surface area contributed by atoms with E-state index >= 15 is 0 Å². The molecule has 47 heavy (non-hydrogen) atoms. The summed E-state index contributed by atoms with van der Waals surface area (Å²) in [6.45, 7) is 20.6. The fourth-order valence-corrected chi connectivity index (χ4v) is 9.50. The van der Waals surface area contributed by atoms with Crippen LogP contribution in [0.1, 0.15) is 41.0 Å². The van der Waals surface area contributed by atoms with Crippen molar-refractivity contribution >= 4 is 18.7 Å². The summed E-state index contributed by atoms with van der Waals surface area (Å²) in [5.41, 5.74) is 0. The topological polar surface area (TPSA) is 83.1 Å². The summed E-state index contributed by atoms with van der Waals surface area (Å²) in [5.74, 6) is 0.598. The van der Waals surface area contributed by atoms with Gasteiger partial charge in [-0.05, 0) is 21.3 Å². The normalized spacial score (nSPS) is 12.9. The largest absolute Gasteiger partial charge is 0.405 e. The summed E-state index contributed by atoms with van der Waals surface area (Å²) < 4.78 is 51.5. The Balaban J connectivity index is 1.39. The maximum atomic E-state index is 6.84. The number of benzene rings is 2. The van der Waals surface area contributed by atoms with Gasteiger partial charge in [0, 0.05) is 6.61 Å². The van der Waals surface area contributed by atoms with Crippen LogP contribution in [0.3, 0.4) is 0 Å². The number of hydrogen-bond donors (Lipinski definition) is 0. The van der Waals surface area contributed by atoms with Gasteiger partial charge in [-0.15, -0.1) is 0 Å². The molecule has 0 fully saturated rings. The molecule has 2 aromatic carbocycles.